The molecule has 0 atom stereocenters. The third-order valence-electron chi connectivity index (χ3n) is 4.38. The molecule has 0 fully saturated rings. The third kappa shape index (κ3) is 2.19. The summed E-state index contributed by atoms with van der Waals surface area (Å²) in [6, 6.07) is 28.5. The predicted octanol–water partition coefficient (Wildman–Crippen LogP) is 7.45. The van der Waals surface area contributed by atoms with Gasteiger partial charge in [0.15, 0.2) is 0 Å². The molecule has 0 spiro atoms. The molecule has 2 aromatic heterocycles. The van der Waals surface area contributed by atoms with E-state index in [9.17, 15) is 0 Å². The molecule has 0 aliphatic carbocycles. The van der Waals surface area contributed by atoms with Crippen molar-refractivity contribution in [3.63, 3.8) is 0 Å². The number of fused-ring (bicyclic) bond motifs is 3. The van der Waals surface area contributed by atoms with Crippen molar-refractivity contribution >= 4 is 42.8 Å². The smallest absolute Gasteiger partial charge is 0.0433 e. The van der Waals surface area contributed by atoms with Crippen LogP contribution in [0, 0.1) is 0 Å². The minimum absolute atomic E-state index is 1.29. The van der Waals surface area contributed by atoms with Crippen molar-refractivity contribution in [2.24, 2.45) is 0 Å². The first-order chi connectivity index (χ1) is 11.9. The van der Waals surface area contributed by atoms with E-state index in [1.54, 1.807) is 11.3 Å². The third-order valence-corrected chi connectivity index (χ3v) is 6.52. The second-order valence-electron chi connectivity index (χ2n) is 5.84. The van der Waals surface area contributed by atoms with Gasteiger partial charge in [-0.15, -0.1) is 22.7 Å². The fourth-order valence-corrected chi connectivity index (χ4v) is 5.22. The highest BCUT2D eigenvalue weighted by atomic mass is 32.1. The first-order valence-electron chi connectivity index (χ1n) is 7.95. The van der Waals surface area contributed by atoms with Gasteiger partial charge in [0.2, 0.25) is 0 Å². The molecule has 3 aromatic carbocycles. The van der Waals surface area contributed by atoms with E-state index in [-0.39, 0.29) is 0 Å². The Balaban J connectivity index is 1.76. The molecule has 2 heterocycles. The summed E-state index contributed by atoms with van der Waals surface area (Å²) in [5.41, 5.74) is 3.91. The van der Waals surface area contributed by atoms with Gasteiger partial charge in [0.25, 0.3) is 0 Å². The van der Waals surface area contributed by atoms with E-state index in [0.29, 0.717) is 0 Å². The summed E-state index contributed by atoms with van der Waals surface area (Å²) in [6.07, 6.45) is 0. The summed E-state index contributed by atoms with van der Waals surface area (Å²) in [5.74, 6) is 0. The molecule has 5 aromatic rings. The Bertz CT molecular complexity index is 1150. The molecular formula is C22H14S2. The molecule has 0 radical (unpaired) electrons. The van der Waals surface area contributed by atoms with Crippen LogP contribution in [0.2, 0.25) is 0 Å². The van der Waals surface area contributed by atoms with Crippen LogP contribution in [-0.4, -0.2) is 0 Å². The molecule has 0 saturated carbocycles. The predicted molar refractivity (Wildman–Crippen MR) is 108 cm³/mol. The van der Waals surface area contributed by atoms with E-state index in [0.717, 1.165) is 0 Å². The van der Waals surface area contributed by atoms with Crippen molar-refractivity contribution in [1.29, 1.82) is 0 Å². The van der Waals surface area contributed by atoms with Crippen LogP contribution in [0.1, 0.15) is 0 Å². The van der Waals surface area contributed by atoms with E-state index in [2.05, 4.69) is 84.2 Å². The SMILES string of the molecule is c1cc(-c2cccs2)cc(-c2cccc3c2sc2ccccc23)c1. The molecule has 0 saturated heterocycles. The largest absolute Gasteiger partial charge is 0.144 e. The highest BCUT2D eigenvalue weighted by Gasteiger charge is 2.10. The molecule has 24 heavy (non-hydrogen) atoms. The summed E-state index contributed by atoms with van der Waals surface area (Å²) >= 11 is 3.68. The van der Waals surface area contributed by atoms with Crippen LogP contribution < -0.4 is 0 Å². The minimum atomic E-state index is 1.29. The Kier molecular flexibility index (Phi) is 3.25. The van der Waals surface area contributed by atoms with Gasteiger partial charge in [-0.1, -0.05) is 60.7 Å². The average Bonchev–Trinajstić information content (AvgIpc) is 3.29. The summed E-state index contributed by atoms with van der Waals surface area (Å²) in [5, 5.41) is 4.85. The Hall–Kier alpha value is -2.42. The number of rotatable bonds is 2. The molecule has 0 nitrogen and oxygen atoms in total. The zero-order valence-electron chi connectivity index (χ0n) is 12.9. The first kappa shape index (κ1) is 14.0. The summed E-state index contributed by atoms with van der Waals surface area (Å²) in [6.45, 7) is 0. The maximum Gasteiger partial charge on any atom is 0.0433 e. The van der Waals surface area contributed by atoms with Crippen LogP contribution in [0.3, 0.4) is 0 Å². The van der Waals surface area contributed by atoms with Crippen molar-refractivity contribution in [2.75, 3.05) is 0 Å². The Morgan fingerprint density at radius 3 is 2.38 bits per heavy atom. The maximum absolute atomic E-state index is 2.31. The van der Waals surface area contributed by atoms with E-state index in [4.69, 9.17) is 0 Å². The minimum Gasteiger partial charge on any atom is -0.144 e. The first-order valence-corrected chi connectivity index (χ1v) is 9.64. The molecule has 2 heteroatoms. The van der Waals surface area contributed by atoms with Gasteiger partial charge in [0, 0.05) is 25.0 Å². The van der Waals surface area contributed by atoms with Crippen molar-refractivity contribution in [3.05, 3.63) is 84.2 Å². The average molecular weight is 342 g/mol. The van der Waals surface area contributed by atoms with E-state index in [1.807, 2.05) is 11.3 Å². The van der Waals surface area contributed by atoms with Crippen LogP contribution >= 0.6 is 22.7 Å². The Labute approximate surface area is 148 Å². The van der Waals surface area contributed by atoms with Gasteiger partial charge in [0.1, 0.15) is 0 Å². The van der Waals surface area contributed by atoms with Crippen LogP contribution in [0.25, 0.3) is 41.7 Å². The maximum atomic E-state index is 2.31. The lowest BCUT2D eigenvalue weighted by Gasteiger charge is -2.06. The number of benzene rings is 3. The highest BCUT2D eigenvalue weighted by Crippen LogP contribution is 2.40. The zero-order chi connectivity index (χ0) is 15.9. The van der Waals surface area contributed by atoms with Gasteiger partial charge in [-0.25, -0.2) is 0 Å². The lowest BCUT2D eigenvalue weighted by molar-refractivity contribution is 1.66. The lowest BCUT2D eigenvalue weighted by atomic mass is 10.0. The molecule has 0 bridgehead atoms. The summed E-state index contributed by atoms with van der Waals surface area (Å²) in [7, 11) is 0. The topological polar surface area (TPSA) is 0 Å². The molecule has 114 valence electrons. The zero-order valence-corrected chi connectivity index (χ0v) is 14.5. The molecule has 0 aliphatic rings. The molecule has 5 rings (SSSR count). The van der Waals surface area contributed by atoms with E-state index < -0.39 is 0 Å². The molecule has 0 N–H and O–H groups in total. The number of hydrogen-bond donors (Lipinski definition) is 0. The normalized spacial score (nSPS) is 11.3. The monoisotopic (exact) mass is 342 g/mol. The van der Waals surface area contributed by atoms with Gasteiger partial charge >= 0.3 is 0 Å². The van der Waals surface area contributed by atoms with Crippen molar-refractivity contribution < 1.29 is 0 Å². The lowest BCUT2D eigenvalue weighted by Crippen LogP contribution is -1.80. The quantitative estimate of drug-likeness (QED) is 0.312. The molecular weight excluding hydrogens is 328 g/mol. The van der Waals surface area contributed by atoms with E-state index in [1.165, 1.54) is 41.7 Å². The Morgan fingerprint density at radius 2 is 1.46 bits per heavy atom. The van der Waals surface area contributed by atoms with Crippen LogP contribution in [-0.2, 0) is 0 Å². The number of thiophene rings is 2. The van der Waals surface area contributed by atoms with Gasteiger partial charge in [-0.3, -0.25) is 0 Å². The van der Waals surface area contributed by atoms with Gasteiger partial charge in [-0.05, 0) is 40.3 Å². The summed E-state index contributed by atoms with van der Waals surface area (Å²) in [4.78, 5) is 1.32. The fraction of sp³-hybridized carbons (Fsp3) is 0. The number of hydrogen-bond acceptors (Lipinski definition) is 2. The van der Waals surface area contributed by atoms with Crippen molar-refractivity contribution in [3.8, 4) is 21.6 Å². The van der Waals surface area contributed by atoms with Gasteiger partial charge < -0.3 is 0 Å². The van der Waals surface area contributed by atoms with Crippen molar-refractivity contribution in [1.82, 2.24) is 0 Å². The second kappa shape index (κ2) is 5.59. The van der Waals surface area contributed by atoms with E-state index >= 15 is 0 Å². The van der Waals surface area contributed by atoms with Crippen molar-refractivity contribution in [2.45, 2.75) is 0 Å². The molecule has 0 unspecified atom stereocenters. The second-order valence-corrected chi connectivity index (χ2v) is 7.84. The molecule has 0 aliphatic heterocycles. The Morgan fingerprint density at radius 1 is 0.625 bits per heavy atom. The van der Waals surface area contributed by atoms with Crippen LogP contribution in [0.15, 0.2) is 84.2 Å². The molecule has 0 amide bonds. The van der Waals surface area contributed by atoms with Crippen LogP contribution in [0.5, 0.6) is 0 Å². The van der Waals surface area contributed by atoms with Gasteiger partial charge in [0.05, 0.1) is 0 Å². The van der Waals surface area contributed by atoms with Gasteiger partial charge in [-0.2, -0.15) is 0 Å². The summed E-state index contributed by atoms with van der Waals surface area (Å²) < 4.78 is 2.73. The fourth-order valence-electron chi connectivity index (χ4n) is 3.26. The standard InChI is InChI=1S/C22H14S2/c1-2-11-21-18(8-1)19-10-4-9-17(22(19)24-21)15-6-3-7-16(14-15)20-12-5-13-23-20/h1-14H. The highest BCUT2D eigenvalue weighted by molar-refractivity contribution is 7.26. The van der Waals surface area contributed by atoms with Crippen LogP contribution in [0.4, 0.5) is 0 Å².